The average molecular weight is 767 g/mol. The molecule has 0 bridgehead atoms. The molecule has 11 nitrogen and oxygen atoms in total. The van der Waals surface area contributed by atoms with E-state index < -0.39 is 5.54 Å². The van der Waals surface area contributed by atoms with E-state index >= 15 is 0 Å². The van der Waals surface area contributed by atoms with Crippen LogP contribution in [-0.2, 0) is 33.4 Å². The molecule has 0 saturated heterocycles. The first kappa shape index (κ1) is 39.2. The van der Waals surface area contributed by atoms with Crippen LogP contribution >= 0.6 is 47.8 Å². The SMILES string of the molecule is CCCC(=O)NCCCOCC(COCCCNC(=O)CCBr)(COCCCNC(=O)CCBr)NC(=O)CCBr. The van der Waals surface area contributed by atoms with Crippen molar-refractivity contribution in [1.29, 1.82) is 0 Å². The number of alkyl halides is 3. The third-order valence-corrected chi connectivity index (χ3v) is 6.53. The summed E-state index contributed by atoms with van der Waals surface area (Å²) in [5.41, 5.74) is -0.927. The largest absolute Gasteiger partial charge is 0.379 e. The molecule has 40 heavy (non-hydrogen) atoms. The van der Waals surface area contributed by atoms with Crippen molar-refractivity contribution in [1.82, 2.24) is 21.3 Å². The molecule has 0 radical (unpaired) electrons. The number of carbonyl (C=O) groups is 4. The number of rotatable bonds is 27. The predicted molar refractivity (Wildman–Crippen MR) is 166 cm³/mol. The third-order valence-electron chi connectivity index (χ3n) is 5.34. The maximum atomic E-state index is 12.6. The highest BCUT2D eigenvalue weighted by Gasteiger charge is 2.33. The van der Waals surface area contributed by atoms with Crippen molar-refractivity contribution in [3.05, 3.63) is 0 Å². The van der Waals surface area contributed by atoms with E-state index in [0.29, 0.717) is 94.0 Å². The van der Waals surface area contributed by atoms with Gasteiger partial charge in [0.2, 0.25) is 23.6 Å². The Bertz CT molecular complexity index is 631. The second-order valence-corrected chi connectivity index (χ2v) is 11.5. The summed E-state index contributed by atoms with van der Waals surface area (Å²) in [7, 11) is 0. The fraction of sp³-hybridized carbons (Fsp3) is 0.846. The Labute approximate surface area is 264 Å². The first-order chi connectivity index (χ1) is 19.3. The molecule has 0 aromatic carbocycles. The maximum Gasteiger partial charge on any atom is 0.221 e. The van der Waals surface area contributed by atoms with Crippen LogP contribution in [0.2, 0.25) is 0 Å². The molecule has 0 fully saturated rings. The summed E-state index contributed by atoms with van der Waals surface area (Å²) in [6, 6.07) is 0. The molecule has 14 heteroatoms. The monoisotopic (exact) mass is 764 g/mol. The molecule has 0 saturated carbocycles. The van der Waals surface area contributed by atoms with E-state index in [9.17, 15) is 19.2 Å². The van der Waals surface area contributed by atoms with Crippen molar-refractivity contribution in [3.63, 3.8) is 0 Å². The van der Waals surface area contributed by atoms with Crippen molar-refractivity contribution < 1.29 is 33.4 Å². The molecular formula is C26H47Br3N4O7. The Morgan fingerprint density at radius 1 is 0.575 bits per heavy atom. The second kappa shape index (κ2) is 27.1. The van der Waals surface area contributed by atoms with Gasteiger partial charge in [-0.2, -0.15) is 0 Å². The van der Waals surface area contributed by atoms with E-state index in [0.717, 1.165) is 6.42 Å². The van der Waals surface area contributed by atoms with Gasteiger partial charge in [-0.3, -0.25) is 19.2 Å². The first-order valence-electron chi connectivity index (χ1n) is 13.8. The normalized spacial score (nSPS) is 11.2. The lowest BCUT2D eigenvalue weighted by molar-refractivity contribution is -0.127. The van der Waals surface area contributed by atoms with Crippen LogP contribution in [0.25, 0.3) is 0 Å². The molecule has 0 aliphatic carbocycles. The number of hydrogen-bond acceptors (Lipinski definition) is 7. The van der Waals surface area contributed by atoms with Gasteiger partial charge in [-0.1, -0.05) is 54.7 Å². The van der Waals surface area contributed by atoms with Crippen molar-refractivity contribution >= 4 is 71.4 Å². The van der Waals surface area contributed by atoms with Crippen LogP contribution < -0.4 is 21.3 Å². The molecule has 4 N–H and O–H groups in total. The minimum Gasteiger partial charge on any atom is -0.379 e. The van der Waals surface area contributed by atoms with Gasteiger partial charge in [-0.15, -0.1) is 0 Å². The van der Waals surface area contributed by atoms with Crippen molar-refractivity contribution in [2.24, 2.45) is 0 Å². The van der Waals surface area contributed by atoms with Gasteiger partial charge in [0.25, 0.3) is 0 Å². The van der Waals surface area contributed by atoms with Gasteiger partial charge < -0.3 is 35.5 Å². The highest BCUT2D eigenvalue weighted by molar-refractivity contribution is 9.09. The van der Waals surface area contributed by atoms with Crippen LogP contribution in [0.15, 0.2) is 0 Å². The summed E-state index contributed by atoms with van der Waals surface area (Å²) in [5.74, 6) is -0.190. The fourth-order valence-electron chi connectivity index (χ4n) is 3.35. The number of nitrogens with one attached hydrogen (secondary N) is 4. The van der Waals surface area contributed by atoms with Crippen molar-refractivity contribution in [2.45, 2.75) is 63.8 Å². The minimum absolute atomic E-state index is 0.0208. The van der Waals surface area contributed by atoms with Crippen LogP contribution in [0.4, 0.5) is 0 Å². The van der Waals surface area contributed by atoms with Crippen molar-refractivity contribution in [3.8, 4) is 0 Å². The molecule has 0 unspecified atom stereocenters. The number of halogens is 3. The number of hydrogen-bond donors (Lipinski definition) is 4. The summed E-state index contributed by atoms with van der Waals surface area (Å²) in [5, 5.41) is 13.3. The lowest BCUT2D eigenvalue weighted by Crippen LogP contribution is -2.58. The zero-order valence-electron chi connectivity index (χ0n) is 23.6. The van der Waals surface area contributed by atoms with E-state index in [1.807, 2.05) is 6.92 Å². The topological polar surface area (TPSA) is 144 Å². The number of ether oxygens (including phenoxy) is 3. The van der Waals surface area contributed by atoms with Gasteiger partial charge in [0, 0.05) is 81.1 Å². The van der Waals surface area contributed by atoms with Crippen molar-refractivity contribution in [2.75, 3.05) is 75.3 Å². The molecule has 0 aliphatic heterocycles. The summed E-state index contributed by atoms with van der Waals surface area (Å²) in [6.45, 7) is 5.08. The Kier molecular flexibility index (Phi) is 26.5. The standard InChI is InChI=1S/C26H47Br3N4O7/c1-2-6-22(34)30-13-3-16-38-19-26(33-25(37)9-12-29,20-39-17-4-14-31-23(35)7-10-27)21-40-18-5-15-32-24(36)8-11-28/h2-21H2,1H3,(H,30,34)(H,31,35)(H,32,36)(H,33,37). The highest BCUT2D eigenvalue weighted by Crippen LogP contribution is 2.11. The molecule has 0 aliphatic rings. The van der Waals surface area contributed by atoms with E-state index in [2.05, 4.69) is 69.1 Å². The van der Waals surface area contributed by atoms with Crippen LogP contribution in [0, 0.1) is 0 Å². The second-order valence-electron chi connectivity index (χ2n) is 9.16. The van der Waals surface area contributed by atoms with Crippen LogP contribution in [0.5, 0.6) is 0 Å². The van der Waals surface area contributed by atoms with Gasteiger partial charge in [0.05, 0.1) is 19.8 Å². The van der Waals surface area contributed by atoms with Gasteiger partial charge >= 0.3 is 0 Å². The maximum absolute atomic E-state index is 12.6. The van der Waals surface area contributed by atoms with Crippen LogP contribution in [0.3, 0.4) is 0 Å². The average Bonchev–Trinajstić information content (AvgIpc) is 2.90. The van der Waals surface area contributed by atoms with E-state index in [1.54, 1.807) is 0 Å². The Hall–Kier alpha value is -0.800. The fourth-order valence-corrected chi connectivity index (χ4v) is 4.43. The zero-order chi connectivity index (χ0) is 29.9. The highest BCUT2D eigenvalue weighted by atomic mass is 79.9. The lowest BCUT2D eigenvalue weighted by Gasteiger charge is -2.34. The molecule has 0 spiro atoms. The van der Waals surface area contributed by atoms with Crippen LogP contribution in [-0.4, -0.2) is 104 Å². The summed E-state index contributed by atoms with van der Waals surface area (Å²) in [4.78, 5) is 47.5. The molecule has 0 aromatic heterocycles. The van der Waals surface area contributed by atoms with Gasteiger partial charge in [0.1, 0.15) is 5.54 Å². The minimum atomic E-state index is -0.927. The molecule has 4 amide bonds. The van der Waals surface area contributed by atoms with E-state index in [-0.39, 0.29) is 49.9 Å². The van der Waals surface area contributed by atoms with Gasteiger partial charge in [-0.25, -0.2) is 0 Å². The molecule has 0 atom stereocenters. The molecule has 234 valence electrons. The third kappa shape index (κ3) is 22.8. The smallest absolute Gasteiger partial charge is 0.221 e. The Balaban J connectivity index is 4.99. The van der Waals surface area contributed by atoms with E-state index in [1.165, 1.54) is 0 Å². The summed E-state index contributed by atoms with van der Waals surface area (Å²) < 4.78 is 17.8. The molecule has 0 rings (SSSR count). The van der Waals surface area contributed by atoms with E-state index in [4.69, 9.17) is 14.2 Å². The summed E-state index contributed by atoms with van der Waals surface area (Å²) >= 11 is 9.79. The molecule has 0 heterocycles. The first-order valence-corrected chi connectivity index (χ1v) is 17.2. The Morgan fingerprint density at radius 2 is 0.925 bits per heavy atom. The van der Waals surface area contributed by atoms with Crippen LogP contribution in [0.1, 0.15) is 58.3 Å². The summed E-state index contributed by atoms with van der Waals surface area (Å²) in [6.07, 6.45) is 4.28. The quantitative estimate of drug-likeness (QED) is 0.0744. The zero-order valence-corrected chi connectivity index (χ0v) is 28.4. The molecule has 0 aromatic rings. The predicted octanol–water partition coefficient (Wildman–Crippen LogP) is 2.57. The molecular weight excluding hydrogens is 720 g/mol. The number of carbonyl (C=O) groups excluding carboxylic acids is 4. The Morgan fingerprint density at radius 3 is 1.27 bits per heavy atom. The van der Waals surface area contributed by atoms with Gasteiger partial charge in [-0.05, 0) is 25.7 Å². The van der Waals surface area contributed by atoms with Gasteiger partial charge in [0.15, 0.2) is 0 Å². The lowest BCUT2D eigenvalue weighted by atomic mass is 10.0. The number of amides is 4.